The maximum atomic E-state index is 12.5. The Bertz CT molecular complexity index is 924. The fourth-order valence-corrected chi connectivity index (χ4v) is 4.85. The van der Waals surface area contributed by atoms with Crippen molar-refractivity contribution >= 4 is 17.9 Å². The minimum absolute atomic E-state index is 0.196. The van der Waals surface area contributed by atoms with Crippen LogP contribution < -0.4 is 0 Å². The van der Waals surface area contributed by atoms with E-state index in [1.807, 2.05) is 13.8 Å². The van der Waals surface area contributed by atoms with E-state index in [2.05, 4.69) is 13.2 Å². The summed E-state index contributed by atoms with van der Waals surface area (Å²) in [5.41, 5.74) is 1.42. The van der Waals surface area contributed by atoms with Gasteiger partial charge in [0.2, 0.25) is 0 Å². The highest BCUT2D eigenvalue weighted by Crippen LogP contribution is 2.56. The first-order valence-corrected chi connectivity index (χ1v) is 10.4. The van der Waals surface area contributed by atoms with Gasteiger partial charge in [0.15, 0.2) is 0 Å². The van der Waals surface area contributed by atoms with E-state index in [-0.39, 0.29) is 17.6 Å². The molecule has 168 valence electrons. The number of esters is 3. The Morgan fingerprint density at radius 3 is 2.48 bits per heavy atom. The molecule has 0 aromatic rings. The first kappa shape index (κ1) is 23.0. The third-order valence-electron chi connectivity index (χ3n) is 6.84. The molecule has 1 heterocycles. The third-order valence-corrected chi connectivity index (χ3v) is 6.84. The molecule has 3 aliphatic rings. The zero-order chi connectivity index (χ0) is 23.2. The second-order valence-corrected chi connectivity index (χ2v) is 8.94. The van der Waals surface area contributed by atoms with E-state index in [1.165, 1.54) is 6.92 Å². The number of carbonyl (C=O) groups is 3. The van der Waals surface area contributed by atoms with Crippen molar-refractivity contribution in [1.29, 1.82) is 0 Å². The molecular weight excluding hydrogens is 400 g/mol. The van der Waals surface area contributed by atoms with Crippen molar-refractivity contribution in [2.75, 3.05) is 0 Å². The van der Waals surface area contributed by atoms with Gasteiger partial charge in [0.1, 0.15) is 18.3 Å². The number of carbonyl (C=O) groups excluding carboxylic acids is 3. The summed E-state index contributed by atoms with van der Waals surface area (Å²) in [6.45, 7) is 16.1. The number of hydrogen-bond acceptors (Lipinski definition) is 7. The van der Waals surface area contributed by atoms with Gasteiger partial charge in [-0.25, -0.2) is 14.4 Å². The minimum Gasteiger partial charge on any atom is -0.458 e. The summed E-state index contributed by atoms with van der Waals surface area (Å²) in [7, 11) is 0. The zero-order valence-electron chi connectivity index (χ0n) is 18.7. The largest absolute Gasteiger partial charge is 0.458 e. The highest BCUT2D eigenvalue weighted by atomic mass is 16.6. The van der Waals surface area contributed by atoms with Crippen LogP contribution in [0, 0.1) is 11.3 Å². The second kappa shape index (κ2) is 8.11. The first-order chi connectivity index (χ1) is 14.4. The van der Waals surface area contributed by atoms with Gasteiger partial charge in [-0.2, -0.15) is 0 Å². The van der Waals surface area contributed by atoms with Gasteiger partial charge in [0.05, 0.1) is 12.0 Å². The first-order valence-electron chi connectivity index (χ1n) is 10.4. The molecule has 1 aliphatic heterocycles. The highest BCUT2D eigenvalue weighted by Gasteiger charge is 2.60. The number of ether oxygens (including phenoxy) is 3. The van der Waals surface area contributed by atoms with Crippen molar-refractivity contribution in [3.05, 3.63) is 47.1 Å². The molecule has 7 nitrogen and oxygen atoms in total. The molecular formula is C24H30O7. The molecule has 6 atom stereocenters. The van der Waals surface area contributed by atoms with E-state index in [9.17, 15) is 19.5 Å². The molecule has 0 amide bonds. The molecule has 1 N–H and O–H groups in total. The molecule has 7 heteroatoms. The van der Waals surface area contributed by atoms with Gasteiger partial charge in [-0.3, -0.25) is 0 Å². The van der Waals surface area contributed by atoms with Gasteiger partial charge in [0, 0.05) is 28.6 Å². The van der Waals surface area contributed by atoms with Crippen LogP contribution in [0.5, 0.6) is 0 Å². The predicted octanol–water partition coefficient (Wildman–Crippen LogP) is 2.94. The molecule has 1 saturated heterocycles. The number of aliphatic hydroxyl groups excluding tert-OH is 1. The van der Waals surface area contributed by atoms with E-state index < -0.39 is 53.7 Å². The Hall–Kier alpha value is -2.67. The number of allylic oxidation sites excluding steroid dienone is 1. The quantitative estimate of drug-likeness (QED) is 0.317. The van der Waals surface area contributed by atoms with Crippen molar-refractivity contribution in [2.45, 2.75) is 71.9 Å². The van der Waals surface area contributed by atoms with E-state index in [0.29, 0.717) is 23.1 Å². The maximum absolute atomic E-state index is 12.5. The summed E-state index contributed by atoms with van der Waals surface area (Å²) in [6.07, 6.45) is -0.825. The summed E-state index contributed by atoms with van der Waals surface area (Å²) >= 11 is 0. The van der Waals surface area contributed by atoms with Crippen molar-refractivity contribution in [2.24, 2.45) is 11.3 Å². The Labute approximate surface area is 182 Å². The van der Waals surface area contributed by atoms with Gasteiger partial charge in [-0.15, -0.1) is 0 Å². The van der Waals surface area contributed by atoms with Crippen LogP contribution in [0.3, 0.4) is 0 Å². The molecule has 0 spiro atoms. The number of aliphatic hydroxyl groups is 1. The van der Waals surface area contributed by atoms with Crippen LogP contribution in [0.4, 0.5) is 0 Å². The van der Waals surface area contributed by atoms with Crippen molar-refractivity contribution in [3.8, 4) is 0 Å². The lowest BCUT2D eigenvalue weighted by molar-refractivity contribution is -0.158. The van der Waals surface area contributed by atoms with Gasteiger partial charge in [0.25, 0.3) is 0 Å². The molecule has 0 bridgehead atoms. The second-order valence-electron chi connectivity index (χ2n) is 8.94. The van der Waals surface area contributed by atoms with Crippen molar-refractivity contribution in [3.63, 3.8) is 0 Å². The standard InChI is InChI=1S/C24H30O7/c1-8-12(4)22(27)29-15-9-17(25)24(7)10-16-18(14(6)23(28)30-16)20(19(24)13(15)5)31-21(26)11(2)3/h8,15-18,20,25H,2,6,9-10H2,1,3-5,7H3/b12-8+/t15-,16-,17-,18-,20-,24+/m1/s1. The number of hydrogen-bond donors (Lipinski definition) is 1. The lowest BCUT2D eigenvalue weighted by Gasteiger charge is -2.52. The number of rotatable bonds is 4. The summed E-state index contributed by atoms with van der Waals surface area (Å²) in [5.74, 6) is -2.20. The molecule has 0 aromatic carbocycles. The fourth-order valence-electron chi connectivity index (χ4n) is 4.85. The van der Waals surface area contributed by atoms with Crippen LogP contribution in [-0.4, -0.2) is 47.4 Å². The molecule has 3 rings (SSSR count). The fraction of sp³-hybridized carbons (Fsp3) is 0.542. The van der Waals surface area contributed by atoms with E-state index in [0.717, 1.165) is 0 Å². The average Bonchev–Trinajstić information content (AvgIpc) is 2.98. The maximum Gasteiger partial charge on any atom is 0.334 e. The smallest absolute Gasteiger partial charge is 0.334 e. The summed E-state index contributed by atoms with van der Waals surface area (Å²) in [4.78, 5) is 37.1. The van der Waals surface area contributed by atoms with Crippen LogP contribution in [-0.2, 0) is 28.6 Å². The highest BCUT2D eigenvalue weighted by molar-refractivity contribution is 5.92. The topological polar surface area (TPSA) is 99.1 Å². The van der Waals surface area contributed by atoms with Crippen LogP contribution in [0.15, 0.2) is 47.1 Å². The Morgan fingerprint density at radius 1 is 1.26 bits per heavy atom. The molecule has 31 heavy (non-hydrogen) atoms. The lowest BCUT2D eigenvalue weighted by Crippen LogP contribution is -2.55. The summed E-state index contributed by atoms with van der Waals surface area (Å²) < 4.78 is 17.0. The SMILES string of the molecule is C=C(C)C(=O)O[C@H]1C2=C(C)[C@H](OC(=O)/C(C)=C/C)C[C@@H](O)[C@]2(C)C[C@H]2OC(=O)C(=C)[C@H]21. The molecule has 1 saturated carbocycles. The van der Waals surface area contributed by atoms with Crippen LogP contribution >= 0.6 is 0 Å². The van der Waals surface area contributed by atoms with E-state index in [1.54, 1.807) is 19.9 Å². The van der Waals surface area contributed by atoms with Crippen LogP contribution in [0.1, 0.15) is 47.5 Å². The van der Waals surface area contributed by atoms with Gasteiger partial charge in [-0.05, 0) is 45.3 Å². The number of fused-ring (bicyclic) bond motifs is 2. The Kier molecular flexibility index (Phi) is 6.02. The van der Waals surface area contributed by atoms with Crippen molar-refractivity contribution < 1.29 is 33.7 Å². The summed E-state index contributed by atoms with van der Waals surface area (Å²) in [5, 5.41) is 11.1. The Morgan fingerprint density at radius 2 is 1.90 bits per heavy atom. The van der Waals surface area contributed by atoms with Crippen molar-refractivity contribution in [1.82, 2.24) is 0 Å². The zero-order valence-corrected chi connectivity index (χ0v) is 18.7. The van der Waals surface area contributed by atoms with Gasteiger partial charge >= 0.3 is 17.9 Å². The lowest BCUT2D eigenvalue weighted by atomic mass is 9.57. The minimum atomic E-state index is -0.894. The summed E-state index contributed by atoms with van der Waals surface area (Å²) in [6, 6.07) is 0. The molecule has 0 unspecified atom stereocenters. The van der Waals surface area contributed by atoms with Gasteiger partial charge in [-0.1, -0.05) is 26.2 Å². The predicted molar refractivity (Wildman–Crippen MR) is 113 cm³/mol. The monoisotopic (exact) mass is 430 g/mol. The molecule has 2 fully saturated rings. The van der Waals surface area contributed by atoms with Crippen LogP contribution in [0.25, 0.3) is 0 Å². The van der Waals surface area contributed by atoms with Gasteiger partial charge < -0.3 is 19.3 Å². The third kappa shape index (κ3) is 3.76. The van der Waals surface area contributed by atoms with E-state index >= 15 is 0 Å². The molecule has 2 aliphatic carbocycles. The average molecular weight is 430 g/mol. The van der Waals surface area contributed by atoms with E-state index in [4.69, 9.17) is 14.2 Å². The molecule has 0 aromatic heterocycles. The molecule has 0 radical (unpaired) electrons. The van der Waals surface area contributed by atoms with Crippen LogP contribution in [0.2, 0.25) is 0 Å². The Balaban J connectivity index is 2.11. The normalized spacial score (nSPS) is 35.2.